The highest BCUT2D eigenvalue weighted by molar-refractivity contribution is 7.89. The van der Waals surface area contributed by atoms with E-state index in [0.717, 1.165) is 0 Å². The van der Waals surface area contributed by atoms with E-state index in [9.17, 15) is 8.42 Å². The van der Waals surface area contributed by atoms with Crippen molar-refractivity contribution in [2.24, 2.45) is 11.3 Å². The summed E-state index contributed by atoms with van der Waals surface area (Å²) in [6.07, 6.45) is 0. The molecule has 0 saturated heterocycles. The lowest BCUT2D eigenvalue weighted by Crippen LogP contribution is -2.44. The van der Waals surface area contributed by atoms with Gasteiger partial charge >= 0.3 is 0 Å². The van der Waals surface area contributed by atoms with Gasteiger partial charge in [0.15, 0.2) is 0 Å². The molecule has 0 aromatic rings. The van der Waals surface area contributed by atoms with E-state index in [1.54, 1.807) is 0 Å². The summed E-state index contributed by atoms with van der Waals surface area (Å²) in [5.74, 6) is 0.160. The fourth-order valence-corrected chi connectivity index (χ4v) is 3.26. The fraction of sp³-hybridized carbons (Fsp3) is 1.00. The molecule has 2 N–H and O–H groups in total. The summed E-state index contributed by atoms with van der Waals surface area (Å²) in [5, 5.41) is 9.03. The molecule has 0 unspecified atom stereocenters. The fourth-order valence-electron chi connectivity index (χ4n) is 1.23. The van der Waals surface area contributed by atoms with E-state index in [-0.39, 0.29) is 23.7 Å². The minimum absolute atomic E-state index is 0.0726. The summed E-state index contributed by atoms with van der Waals surface area (Å²) >= 11 is 0. The largest absolute Gasteiger partial charge is 0.395 e. The van der Waals surface area contributed by atoms with E-state index in [1.165, 1.54) is 0 Å². The SMILES string of the molecule is CC(C)[C@@H](CO)NS(=O)(=O)CC(C)(C)C. The molecular weight excluding hydrogens is 214 g/mol. The maximum atomic E-state index is 11.7. The summed E-state index contributed by atoms with van der Waals surface area (Å²) in [7, 11) is -3.31. The van der Waals surface area contributed by atoms with Crippen LogP contribution in [0.15, 0.2) is 0 Å². The molecular formula is C10H23NO3S. The van der Waals surface area contributed by atoms with E-state index in [0.29, 0.717) is 0 Å². The van der Waals surface area contributed by atoms with Crippen LogP contribution in [0.3, 0.4) is 0 Å². The third-order valence-corrected chi connectivity index (χ3v) is 3.86. The molecule has 0 aliphatic heterocycles. The Bertz CT molecular complexity index is 278. The average Bonchev–Trinajstić information content (AvgIpc) is 1.94. The zero-order chi connectivity index (χ0) is 12.3. The minimum atomic E-state index is -3.31. The van der Waals surface area contributed by atoms with Crippen LogP contribution in [0.2, 0.25) is 0 Å². The Morgan fingerprint density at radius 1 is 1.27 bits per heavy atom. The van der Waals surface area contributed by atoms with Gasteiger partial charge in [0.05, 0.1) is 12.4 Å². The van der Waals surface area contributed by atoms with Crippen molar-refractivity contribution in [3.05, 3.63) is 0 Å². The number of nitrogens with one attached hydrogen (secondary N) is 1. The third kappa shape index (κ3) is 6.87. The van der Waals surface area contributed by atoms with Crippen molar-refractivity contribution in [1.29, 1.82) is 0 Å². The van der Waals surface area contributed by atoms with Crippen LogP contribution >= 0.6 is 0 Å². The van der Waals surface area contributed by atoms with Crippen molar-refractivity contribution in [1.82, 2.24) is 4.72 Å². The van der Waals surface area contributed by atoms with Gasteiger partial charge in [0.1, 0.15) is 0 Å². The van der Waals surface area contributed by atoms with Gasteiger partial charge in [-0.25, -0.2) is 13.1 Å². The first-order valence-corrected chi connectivity index (χ1v) is 6.83. The summed E-state index contributed by atoms with van der Waals surface area (Å²) in [5.41, 5.74) is -0.275. The maximum absolute atomic E-state index is 11.7. The molecule has 92 valence electrons. The Labute approximate surface area is 93.1 Å². The van der Waals surface area contributed by atoms with Crippen LogP contribution in [0.1, 0.15) is 34.6 Å². The zero-order valence-corrected chi connectivity index (χ0v) is 11.1. The second kappa shape index (κ2) is 5.27. The zero-order valence-electron chi connectivity index (χ0n) is 10.2. The van der Waals surface area contributed by atoms with Crippen LogP contribution in [-0.2, 0) is 10.0 Å². The summed E-state index contributed by atoms with van der Waals surface area (Å²) in [6.45, 7) is 9.20. The Kier molecular flexibility index (Phi) is 5.23. The molecule has 1 atom stereocenters. The molecule has 0 aliphatic carbocycles. The van der Waals surface area contributed by atoms with Crippen molar-refractivity contribution >= 4 is 10.0 Å². The lowest BCUT2D eigenvalue weighted by molar-refractivity contribution is 0.227. The number of sulfonamides is 1. The van der Waals surface area contributed by atoms with Gasteiger partial charge in [-0.2, -0.15) is 0 Å². The summed E-state index contributed by atoms with van der Waals surface area (Å²) in [4.78, 5) is 0. The van der Waals surface area contributed by atoms with Crippen molar-refractivity contribution < 1.29 is 13.5 Å². The van der Waals surface area contributed by atoms with Gasteiger partial charge < -0.3 is 5.11 Å². The van der Waals surface area contributed by atoms with Gasteiger partial charge in [0.2, 0.25) is 10.0 Å². The predicted molar refractivity (Wildman–Crippen MR) is 62.1 cm³/mol. The summed E-state index contributed by atoms with van der Waals surface area (Å²) in [6, 6.07) is -0.391. The van der Waals surface area contributed by atoms with Crippen LogP contribution in [0, 0.1) is 11.3 Å². The Morgan fingerprint density at radius 3 is 2.00 bits per heavy atom. The molecule has 5 heteroatoms. The number of aliphatic hydroxyl groups excluding tert-OH is 1. The second-order valence-corrected chi connectivity index (χ2v) is 7.22. The normalized spacial score (nSPS) is 15.7. The highest BCUT2D eigenvalue weighted by Gasteiger charge is 2.25. The van der Waals surface area contributed by atoms with Crippen molar-refractivity contribution in [2.45, 2.75) is 40.7 Å². The molecule has 0 amide bonds. The third-order valence-electron chi connectivity index (χ3n) is 1.96. The highest BCUT2D eigenvalue weighted by atomic mass is 32.2. The highest BCUT2D eigenvalue weighted by Crippen LogP contribution is 2.16. The van der Waals surface area contributed by atoms with Crippen LogP contribution < -0.4 is 4.72 Å². The molecule has 0 fully saturated rings. The molecule has 0 aliphatic rings. The maximum Gasteiger partial charge on any atom is 0.212 e. The van der Waals surface area contributed by atoms with Crippen LogP contribution in [0.4, 0.5) is 0 Å². The van der Waals surface area contributed by atoms with Gasteiger partial charge in [0.25, 0.3) is 0 Å². The molecule has 0 aromatic heterocycles. The van der Waals surface area contributed by atoms with E-state index >= 15 is 0 Å². The smallest absolute Gasteiger partial charge is 0.212 e. The van der Waals surface area contributed by atoms with Gasteiger partial charge in [-0.05, 0) is 11.3 Å². The average molecular weight is 237 g/mol. The number of rotatable bonds is 5. The number of aliphatic hydroxyl groups is 1. The van der Waals surface area contributed by atoms with Gasteiger partial charge in [-0.15, -0.1) is 0 Å². The van der Waals surface area contributed by atoms with Crippen LogP contribution in [0.25, 0.3) is 0 Å². The Morgan fingerprint density at radius 2 is 1.73 bits per heavy atom. The number of hydrogen-bond acceptors (Lipinski definition) is 3. The molecule has 0 aromatic carbocycles. The lowest BCUT2D eigenvalue weighted by atomic mass is 10.0. The Hall–Kier alpha value is -0.130. The molecule has 15 heavy (non-hydrogen) atoms. The van der Waals surface area contributed by atoms with Crippen molar-refractivity contribution in [3.63, 3.8) is 0 Å². The van der Waals surface area contributed by atoms with E-state index < -0.39 is 16.1 Å². The van der Waals surface area contributed by atoms with Crippen LogP contribution in [0.5, 0.6) is 0 Å². The van der Waals surface area contributed by atoms with Crippen LogP contribution in [-0.4, -0.2) is 31.9 Å². The molecule has 0 spiro atoms. The second-order valence-electron chi connectivity index (χ2n) is 5.47. The molecule has 0 bridgehead atoms. The van der Waals surface area contributed by atoms with E-state index in [4.69, 9.17) is 5.11 Å². The molecule has 0 heterocycles. The van der Waals surface area contributed by atoms with Gasteiger partial charge in [0, 0.05) is 6.04 Å². The minimum Gasteiger partial charge on any atom is -0.395 e. The first kappa shape index (κ1) is 14.9. The Balaban J connectivity index is 4.50. The van der Waals surface area contributed by atoms with Crippen molar-refractivity contribution in [3.8, 4) is 0 Å². The first-order chi connectivity index (χ1) is 6.57. The van der Waals surface area contributed by atoms with E-state index in [1.807, 2.05) is 34.6 Å². The summed E-state index contributed by atoms with van der Waals surface area (Å²) < 4.78 is 25.9. The predicted octanol–water partition coefficient (Wildman–Crippen LogP) is 0.969. The molecule has 0 radical (unpaired) electrons. The number of hydrogen-bond donors (Lipinski definition) is 2. The standard InChI is InChI=1S/C10H23NO3S/c1-8(2)9(6-12)11-15(13,14)7-10(3,4)5/h8-9,11-12H,6-7H2,1-5H3/t9-/m1/s1. The van der Waals surface area contributed by atoms with Gasteiger partial charge in [-0.3, -0.25) is 0 Å². The quantitative estimate of drug-likeness (QED) is 0.748. The van der Waals surface area contributed by atoms with Gasteiger partial charge in [-0.1, -0.05) is 34.6 Å². The molecule has 0 saturated carbocycles. The van der Waals surface area contributed by atoms with Crippen molar-refractivity contribution in [2.75, 3.05) is 12.4 Å². The molecule has 4 nitrogen and oxygen atoms in total. The molecule has 0 rings (SSSR count). The van der Waals surface area contributed by atoms with E-state index in [2.05, 4.69) is 4.72 Å². The first-order valence-electron chi connectivity index (χ1n) is 5.18. The topological polar surface area (TPSA) is 66.4 Å². The monoisotopic (exact) mass is 237 g/mol. The lowest BCUT2D eigenvalue weighted by Gasteiger charge is -2.23.